The van der Waals surface area contributed by atoms with Crippen molar-refractivity contribution in [2.75, 3.05) is 18.4 Å². The highest BCUT2D eigenvalue weighted by molar-refractivity contribution is 6.05. The Bertz CT molecular complexity index is 763. The number of rotatable bonds is 3. The molecular formula is C20H23N3O2. The van der Waals surface area contributed by atoms with Crippen molar-refractivity contribution < 1.29 is 9.59 Å². The molecule has 1 N–H and O–H groups in total. The van der Waals surface area contributed by atoms with E-state index < -0.39 is 0 Å². The first kappa shape index (κ1) is 17.1. The Morgan fingerprint density at radius 1 is 1.08 bits per heavy atom. The summed E-state index contributed by atoms with van der Waals surface area (Å²) in [6.45, 7) is 5.73. The van der Waals surface area contributed by atoms with E-state index in [0.29, 0.717) is 17.0 Å². The summed E-state index contributed by atoms with van der Waals surface area (Å²) in [4.78, 5) is 31.0. The van der Waals surface area contributed by atoms with E-state index in [1.807, 2.05) is 36.1 Å². The molecule has 130 valence electrons. The zero-order valence-corrected chi connectivity index (χ0v) is 14.7. The molecule has 0 unspecified atom stereocenters. The van der Waals surface area contributed by atoms with Crippen LogP contribution in [0.1, 0.15) is 46.0 Å². The van der Waals surface area contributed by atoms with Gasteiger partial charge < -0.3 is 10.2 Å². The van der Waals surface area contributed by atoms with Crippen LogP contribution in [0.2, 0.25) is 0 Å². The Kier molecular flexibility index (Phi) is 5.12. The molecular weight excluding hydrogens is 314 g/mol. The molecule has 1 aliphatic heterocycles. The highest BCUT2D eigenvalue weighted by Gasteiger charge is 2.22. The van der Waals surface area contributed by atoms with Crippen molar-refractivity contribution in [2.45, 2.75) is 26.7 Å². The molecule has 1 aromatic carbocycles. The number of hydrogen-bond donors (Lipinski definition) is 1. The average molecular weight is 337 g/mol. The fourth-order valence-electron chi connectivity index (χ4n) is 2.92. The fraction of sp³-hybridized carbons (Fsp3) is 0.350. The molecule has 1 aliphatic rings. The van der Waals surface area contributed by atoms with Crippen LogP contribution in [0.5, 0.6) is 0 Å². The lowest BCUT2D eigenvalue weighted by atomic mass is 9.98. The van der Waals surface area contributed by atoms with Crippen molar-refractivity contribution in [3.8, 4) is 0 Å². The number of carbonyl (C=O) groups excluding carboxylic acids is 2. The normalized spacial score (nSPS) is 15.0. The van der Waals surface area contributed by atoms with E-state index in [0.717, 1.165) is 37.2 Å². The number of nitrogens with one attached hydrogen (secondary N) is 1. The number of aryl methyl sites for hydroxylation is 1. The van der Waals surface area contributed by atoms with Gasteiger partial charge in [-0.15, -0.1) is 0 Å². The highest BCUT2D eigenvalue weighted by atomic mass is 16.2. The van der Waals surface area contributed by atoms with Crippen molar-refractivity contribution >= 4 is 17.5 Å². The molecule has 5 heteroatoms. The zero-order chi connectivity index (χ0) is 17.8. The number of piperidine rings is 1. The number of likely N-dealkylation sites (tertiary alicyclic amines) is 1. The van der Waals surface area contributed by atoms with Crippen molar-refractivity contribution in [3.05, 3.63) is 59.4 Å². The third-order valence-corrected chi connectivity index (χ3v) is 4.63. The van der Waals surface area contributed by atoms with Gasteiger partial charge in [0.2, 0.25) is 0 Å². The van der Waals surface area contributed by atoms with E-state index in [-0.39, 0.29) is 11.8 Å². The first-order chi connectivity index (χ1) is 12.0. The van der Waals surface area contributed by atoms with Crippen LogP contribution in [-0.2, 0) is 0 Å². The van der Waals surface area contributed by atoms with Gasteiger partial charge in [-0.3, -0.25) is 14.6 Å². The lowest BCUT2D eigenvalue weighted by molar-refractivity contribution is 0.0697. The minimum Gasteiger partial charge on any atom is -0.339 e. The maximum absolute atomic E-state index is 12.6. The number of aromatic nitrogens is 1. The predicted molar refractivity (Wildman–Crippen MR) is 97.7 cm³/mol. The number of hydrogen-bond acceptors (Lipinski definition) is 3. The monoisotopic (exact) mass is 337 g/mol. The summed E-state index contributed by atoms with van der Waals surface area (Å²) in [7, 11) is 0. The molecule has 3 rings (SSSR count). The second-order valence-electron chi connectivity index (χ2n) is 6.76. The third-order valence-electron chi connectivity index (χ3n) is 4.63. The molecule has 0 saturated carbocycles. The molecule has 1 saturated heterocycles. The first-order valence-electron chi connectivity index (χ1n) is 8.65. The minimum atomic E-state index is -0.265. The number of anilines is 1. The van der Waals surface area contributed by atoms with Crippen molar-refractivity contribution in [1.29, 1.82) is 0 Å². The van der Waals surface area contributed by atoms with Gasteiger partial charge >= 0.3 is 0 Å². The molecule has 2 heterocycles. The van der Waals surface area contributed by atoms with Crippen LogP contribution in [0, 0.1) is 12.8 Å². The molecule has 25 heavy (non-hydrogen) atoms. The quantitative estimate of drug-likeness (QED) is 0.932. The largest absolute Gasteiger partial charge is 0.339 e. The molecule has 0 radical (unpaired) electrons. The zero-order valence-electron chi connectivity index (χ0n) is 14.7. The fourth-order valence-corrected chi connectivity index (χ4v) is 2.92. The van der Waals surface area contributed by atoms with Gasteiger partial charge in [-0.05, 0) is 43.9 Å². The standard InChI is InChI=1S/C20H23N3O2/c1-14-3-5-18(6-4-14)22-19(24)16-11-17(13-21-12-16)20(25)23-9-7-15(2)8-10-23/h3-6,11-13,15H,7-10H2,1-2H3,(H,22,24). The first-order valence-corrected chi connectivity index (χ1v) is 8.65. The Hall–Kier alpha value is -2.69. The van der Waals surface area contributed by atoms with Gasteiger partial charge in [0.1, 0.15) is 0 Å². The summed E-state index contributed by atoms with van der Waals surface area (Å²) in [5.74, 6) is 0.344. The van der Waals surface area contributed by atoms with Gasteiger partial charge in [0, 0.05) is 31.2 Å². The van der Waals surface area contributed by atoms with Crippen LogP contribution in [-0.4, -0.2) is 34.8 Å². The second kappa shape index (κ2) is 7.47. The number of amides is 2. The molecule has 0 spiro atoms. The molecule has 0 bridgehead atoms. The van der Waals surface area contributed by atoms with E-state index >= 15 is 0 Å². The van der Waals surface area contributed by atoms with Gasteiger partial charge in [0.15, 0.2) is 0 Å². The molecule has 0 atom stereocenters. The van der Waals surface area contributed by atoms with Crippen LogP contribution in [0.3, 0.4) is 0 Å². The Labute approximate surface area is 148 Å². The van der Waals surface area contributed by atoms with E-state index in [2.05, 4.69) is 17.2 Å². The number of benzene rings is 1. The Morgan fingerprint density at radius 3 is 2.40 bits per heavy atom. The molecule has 1 aromatic heterocycles. The van der Waals surface area contributed by atoms with Gasteiger partial charge in [-0.1, -0.05) is 24.6 Å². The molecule has 5 nitrogen and oxygen atoms in total. The molecule has 2 aromatic rings. The number of pyridine rings is 1. The van der Waals surface area contributed by atoms with Crippen LogP contribution < -0.4 is 5.32 Å². The van der Waals surface area contributed by atoms with Crippen molar-refractivity contribution in [1.82, 2.24) is 9.88 Å². The van der Waals surface area contributed by atoms with Crippen LogP contribution >= 0.6 is 0 Å². The number of carbonyl (C=O) groups is 2. The Morgan fingerprint density at radius 2 is 1.72 bits per heavy atom. The summed E-state index contributed by atoms with van der Waals surface area (Å²) in [6, 6.07) is 9.20. The van der Waals surface area contributed by atoms with E-state index in [1.54, 1.807) is 6.07 Å². The maximum Gasteiger partial charge on any atom is 0.257 e. The lowest BCUT2D eigenvalue weighted by Crippen LogP contribution is -2.38. The summed E-state index contributed by atoms with van der Waals surface area (Å²) in [6.07, 6.45) is 5.06. The molecule has 1 fully saturated rings. The Balaban J connectivity index is 1.71. The minimum absolute atomic E-state index is 0.0515. The average Bonchev–Trinajstić information content (AvgIpc) is 2.64. The van der Waals surface area contributed by atoms with E-state index in [9.17, 15) is 9.59 Å². The van der Waals surface area contributed by atoms with Gasteiger partial charge in [0.25, 0.3) is 11.8 Å². The topological polar surface area (TPSA) is 62.3 Å². The third kappa shape index (κ3) is 4.24. The number of nitrogens with zero attached hydrogens (tertiary/aromatic N) is 2. The summed E-state index contributed by atoms with van der Waals surface area (Å²) in [5, 5.41) is 2.83. The van der Waals surface area contributed by atoms with Gasteiger partial charge in [-0.2, -0.15) is 0 Å². The van der Waals surface area contributed by atoms with Crippen LogP contribution in [0.15, 0.2) is 42.7 Å². The lowest BCUT2D eigenvalue weighted by Gasteiger charge is -2.30. The summed E-state index contributed by atoms with van der Waals surface area (Å²) < 4.78 is 0. The maximum atomic E-state index is 12.6. The van der Waals surface area contributed by atoms with Crippen molar-refractivity contribution in [3.63, 3.8) is 0 Å². The van der Waals surface area contributed by atoms with E-state index in [4.69, 9.17) is 0 Å². The van der Waals surface area contributed by atoms with Crippen molar-refractivity contribution in [2.24, 2.45) is 5.92 Å². The second-order valence-corrected chi connectivity index (χ2v) is 6.76. The molecule has 2 amide bonds. The SMILES string of the molecule is Cc1ccc(NC(=O)c2cncc(C(=O)N3CCC(C)CC3)c2)cc1. The smallest absolute Gasteiger partial charge is 0.257 e. The highest BCUT2D eigenvalue weighted by Crippen LogP contribution is 2.18. The summed E-state index contributed by atoms with van der Waals surface area (Å²) in [5.41, 5.74) is 2.70. The molecule has 0 aliphatic carbocycles. The van der Waals surface area contributed by atoms with E-state index in [1.165, 1.54) is 12.4 Å². The van der Waals surface area contributed by atoms with Gasteiger partial charge in [-0.25, -0.2) is 0 Å². The predicted octanol–water partition coefficient (Wildman–Crippen LogP) is 3.51. The van der Waals surface area contributed by atoms with Crippen LogP contribution in [0.25, 0.3) is 0 Å². The van der Waals surface area contributed by atoms with Crippen LogP contribution in [0.4, 0.5) is 5.69 Å². The van der Waals surface area contributed by atoms with Gasteiger partial charge in [0.05, 0.1) is 11.1 Å². The summed E-state index contributed by atoms with van der Waals surface area (Å²) >= 11 is 0.